The molecule has 3 N–H and O–H groups in total. The number of rotatable bonds is 0. The molecular weight excluding hydrogens is 310 g/mol. The molecule has 0 aliphatic carbocycles. The van der Waals surface area contributed by atoms with Gasteiger partial charge in [-0.05, 0) is 26.8 Å². The van der Waals surface area contributed by atoms with E-state index in [1.165, 1.54) is 4.90 Å². The molecule has 4 rings (SSSR count). The standard InChI is InChI=1S/C16H19N5O3/c1-15(2,3)24-14(23)21-7-16(8-21)13(22)19-10-6-18-12-9(4-5-17-12)11(10)20-16/h4-6,20H,7-8H2,1-3H3,(H,17,18)(H,19,22). The normalized spacial score (nSPS) is 18.6. The Morgan fingerprint density at radius 1 is 1.38 bits per heavy atom. The molecule has 2 amide bonds. The number of carbonyl (C=O) groups excluding carboxylic acids is 2. The van der Waals surface area contributed by atoms with E-state index in [0.29, 0.717) is 5.69 Å². The average Bonchev–Trinajstić information content (AvgIpc) is 2.90. The Bertz CT molecular complexity index is 845. The number of ether oxygens (including phenoxy) is 1. The molecule has 4 heterocycles. The highest BCUT2D eigenvalue weighted by atomic mass is 16.6. The van der Waals surface area contributed by atoms with E-state index in [0.717, 1.165) is 16.7 Å². The summed E-state index contributed by atoms with van der Waals surface area (Å²) in [6, 6.07) is 1.91. The summed E-state index contributed by atoms with van der Waals surface area (Å²) in [5, 5.41) is 7.11. The topological polar surface area (TPSA) is 99.3 Å². The lowest BCUT2D eigenvalue weighted by Crippen LogP contribution is -2.73. The summed E-state index contributed by atoms with van der Waals surface area (Å²) in [5.74, 6) is -0.161. The van der Waals surface area contributed by atoms with Crippen molar-refractivity contribution >= 4 is 34.4 Å². The summed E-state index contributed by atoms with van der Waals surface area (Å²) in [4.78, 5) is 33.5. The van der Waals surface area contributed by atoms with Crippen LogP contribution in [0.1, 0.15) is 20.8 Å². The largest absolute Gasteiger partial charge is 0.444 e. The third kappa shape index (κ3) is 2.17. The second kappa shape index (κ2) is 4.62. The number of nitrogens with one attached hydrogen (secondary N) is 3. The maximum Gasteiger partial charge on any atom is 0.410 e. The van der Waals surface area contributed by atoms with Crippen molar-refractivity contribution < 1.29 is 14.3 Å². The van der Waals surface area contributed by atoms with Crippen molar-refractivity contribution in [2.45, 2.75) is 31.9 Å². The van der Waals surface area contributed by atoms with Gasteiger partial charge in [-0.25, -0.2) is 9.78 Å². The Labute approximate surface area is 138 Å². The number of anilines is 2. The third-order valence-corrected chi connectivity index (χ3v) is 4.21. The van der Waals surface area contributed by atoms with Gasteiger partial charge in [-0.1, -0.05) is 0 Å². The van der Waals surface area contributed by atoms with Crippen molar-refractivity contribution in [3.8, 4) is 0 Å². The van der Waals surface area contributed by atoms with Crippen LogP contribution in [-0.4, -0.2) is 51.1 Å². The number of nitrogens with zero attached hydrogens (tertiary/aromatic N) is 2. The summed E-state index contributed by atoms with van der Waals surface area (Å²) in [6.07, 6.45) is 3.02. The molecule has 1 spiro atoms. The number of carbonyl (C=O) groups is 2. The van der Waals surface area contributed by atoms with Crippen LogP contribution in [0.3, 0.4) is 0 Å². The van der Waals surface area contributed by atoms with Crippen molar-refractivity contribution in [2.24, 2.45) is 0 Å². The Balaban J connectivity index is 1.57. The number of H-pyrrole nitrogens is 1. The molecule has 2 aromatic rings. The van der Waals surface area contributed by atoms with E-state index in [1.807, 2.05) is 26.8 Å². The number of hydrogen-bond donors (Lipinski definition) is 3. The summed E-state index contributed by atoms with van der Waals surface area (Å²) in [7, 11) is 0. The lowest BCUT2D eigenvalue weighted by atomic mass is 9.86. The quantitative estimate of drug-likeness (QED) is 0.686. The van der Waals surface area contributed by atoms with Crippen LogP contribution in [0.4, 0.5) is 16.2 Å². The molecule has 2 aliphatic heterocycles. The molecule has 2 aliphatic rings. The van der Waals surface area contributed by atoms with Gasteiger partial charge in [0.2, 0.25) is 0 Å². The fourth-order valence-corrected chi connectivity index (χ4v) is 3.06. The molecule has 1 saturated heterocycles. The maximum atomic E-state index is 12.5. The van der Waals surface area contributed by atoms with Gasteiger partial charge in [0.1, 0.15) is 11.2 Å². The molecule has 8 heteroatoms. The average molecular weight is 329 g/mol. The fourth-order valence-electron chi connectivity index (χ4n) is 3.06. The number of amides is 2. The predicted octanol–water partition coefficient (Wildman–Crippen LogP) is 1.92. The fraction of sp³-hybridized carbons (Fsp3) is 0.438. The molecule has 8 nitrogen and oxygen atoms in total. The van der Waals surface area contributed by atoms with Gasteiger partial charge in [0.15, 0.2) is 5.54 Å². The molecule has 0 bridgehead atoms. The Morgan fingerprint density at radius 3 is 2.83 bits per heavy atom. The van der Waals surface area contributed by atoms with Gasteiger partial charge in [-0.15, -0.1) is 0 Å². The second-order valence-corrected chi connectivity index (χ2v) is 7.28. The van der Waals surface area contributed by atoms with E-state index in [1.54, 1.807) is 12.4 Å². The van der Waals surface area contributed by atoms with Crippen LogP contribution in [0.25, 0.3) is 11.0 Å². The van der Waals surface area contributed by atoms with Crippen LogP contribution in [0.2, 0.25) is 0 Å². The van der Waals surface area contributed by atoms with Crippen molar-refractivity contribution in [1.29, 1.82) is 0 Å². The van der Waals surface area contributed by atoms with E-state index >= 15 is 0 Å². The monoisotopic (exact) mass is 329 g/mol. The van der Waals surface area contributed by atoms with Crippen molar-refractivity contribution in [3.05, 3.63) is 18.5 Å². The van der Waals surface area contributed by atoms with Crippen LogP contribution >= 0.6 is 0 Å². The maximum absolute atomic E-state index is 12.5. The minimum Gasteiger partial charge on any atom is -0.444 e. The van der Waals surface area contributed by atoms with E-state index in [4.69, 9.17) is 4.74 Å². The van der Waals surface area contributed by atoms with Crippen LogP contribution in [0.5, 0.6) is 0 Å². The molecule has 0 saturated carbocycles. The van der Waals surface area contributed by atoms with Crippen LogP contribution in [-0.2, 0) is 9.53 Å². The zero-order valence-electron chi connectivity index (χ0n) is 13.8. The van der Waals surface area contributed by atoms with Crippen molar-refractivity contribution in [2.75, 3.05) is 23.7 Å². The Hall–Kier alpha value is -2.77. The first-order valence-electron chi connectivity index (χ1n) is 7.81. The highest BCUT2D eigenvalue weighted by molar-refractivity contribution is 6.12. The molecule has 0 atom stereocenters. The van der Waals surface area contributed by atoms with Crippen LogP contribution in [0.15, 0.2) is 18.5 Å². The molecular formula is C16H19N5O3. The first-order valence-corrected chi connectivity index (χ1v) is 7.81. The predicted molar refractivity (Wildman–Crippen MR) is 88.9 cm³/mol. The third-order valence-electron chi connectivity index (χ3n) is 4.21. The summed E-state index contributed by atoms with van der Waals surface area (Å²) < 4.78 is 5.35. The van der Waals surface area contributed by atoms with Crippen LogP contribution in [0, 0.1) is 0 Å². The summed E-state index contributed by atoms with van der Waals surface area (Å²) in [6.45, 7) is 5.98. The minimum absolute atomic E-state index is 0.161. The zero-order chi connectivity index (χ0) is 17.1. The van der Waals surface area contributed by atoms with Gasteiger partial charge in [0.05, 0.1) is 30.7 Å². The van der Waals surface area contributed by atoms with E-state index in [-0.39, 0.29) is 19.0 Å². The number of hydrogen-bond acceptors (Lipinski definition) is 5. The molecule has 0 unspecified atom stereocenters. The smallest absolute Gasteiger partial charge is 0.410 e. The lowest BCUT2D eigenvalue weighted by molar-refractivity contribution is -0.125. The highest BCUT2D eigenvalue weighted by Crippen LogP contribution is 2.39. The second-order valence-electron chi connectivity index (χ2n) is 7.28. The lowest BCUT2D eigenvalue weighted by Gasteiger charge is -2.51. The van der Waals surface area contributed by atoms with E-state index in [9.17, 15) is 9.59 Å². The van der Waals surface area contributed by atoms with Gasteiger partial charge in [-0.3, -0.25) is 4.79 Å². The SMILES string of the molecule is CC(C)(C)OC(=O)N1CC2(C1)Nc1c(cnc3[nH]ccc13)NC2=O. The molecule has 0 radical (unpaired) electrons. The van der Waals surface area contributed by atoms with Crippen LogP contribution < -0.4 is 10.6 Å². The Kier molecular flexibility index (Phi) is 2.85. The molecule has 0 aromatic carbocycles. The number of aromatic amines is 1. The summed E-state index contributed by atoms with van der Waals surface area (Å²) >= 11 is 0. The number of likely N-dealkylation sites (tertiary alicyclic amines) is 1. The van der Waals surface area contributed by atoms with Crippen molar-refractivity contribution in [1.82, 2.24) is 14.9 Å². The molecule has 2 aromatic heterocycles. The number of fused-ring (bicyclic) bond motifs is 3. The molecule has 1 fully saturated rings. The van der Waals surface area contributed by atoms with Gasteiger partial charge < -0.3 is 25.3 Å². The first kappa shape index (κ1) is 14.8. The van der Waals surface area contributed by atoms with E-state index < -0.39 is 17.2 Å². The number of aromatic nitrogens is 2. The van der Waals surface area contributed by atoms with Gasteiger partial charge in [0, 0.05) is 11.6 Å². The van der Waals surface area contributed by atoms with E-state index in [2.05, 4.69) is 20.6 Å². The Morgan fingerprint density at radius 2 is 2.12 bits per heavy atom. The molecule has 126 valence electrons. The van der Waals surface area contributed by atoms with Gasteiger partial charge in [-0.2, -0.15) is 0 Å². The first-order chi connectivity index (χ1) is 11.3. The van der Waals surface area contributed by atoms with Crippen molar-refractivity contribution in [3.63, 3.8) is 0 Å². The number of pyridine rings is 1. The molecule has 24 heavy (non-hydrogen) atoms. The highest BCUT2D eigenvalue weighted by Gasteiger charge is 2.54. The van der Waals surface area contributed by atoms with Gasteiger partial charge in [0.25, 0.3) is 5.91 Å². The summed E-state index contributed by atoms with van der Waals surface area (Å²) in [5.41, 5.74) is 0.835. The minimum atomic E-state index is -0.824. The van der Waals surface area contributed by atoms with Gasteiger partial charge >= 0.3 is 6.09 Å². The zero-order valence-corrected chi connectivity index (χ0v) is 13.8.